The summed E-state index contributed by atoms with van der Waals surface area (Å²) in [4.78, 5) is 12.3. The van der Waals surface area contributed by atoms with Gasteiger partial charge >= 0.3 is 5.97 Å². The van der Waals surface area contributed by atoms with Gasteiger partial charge in [0.2, 0.25) is 0 Å². The fraction of sp³-hybridized carbons (Fsp3) is 0.842. The summed E-state index contributed by atoms with van der Waals surface area (Å²) >= 11 is 0. The first-order valence-corrected chi connectivity index (χ1v) is 8.86. The fourth-order valence-corrected chi connectivity index (χ4v) is 5.90. The first-order valence-electron chi connectivity index (χ1n) is 8.86. The zero-order chi connectivity index (χ0) is 15.2. The third-order valence-corrected chi connectivity index (χ3v) is 6.52. The molecule has 0 N–H and O–H groups in total. The van der Waals surface area contributed by atoms with Crippen LogP contribution in [0.2, 0.25) is 0 Å². The number of hydrogen-bond donors (Lipinski definition) is 0. The van der Waals surface area contributed by atoms with Crippen LogP contribution >= 0.6 is 0 Å². The molecular weight excluding hydrogens is 260 g/mol. The zero-order valence-electron chi connectivity index (χ0n) is 13.9. The summed E-state index contributed by atoms with van der Waals surface area (Å²) in [5, 5.41) is 0. The topological polar surface area (TPSA) is 26.3 Å². The lowest BCUT2D eigenvalue weighted by atomic mass is 9.47. The maximum Gasteiger partial charge on any atom is 0.333 e. The van der Waals surface area contributed by atoms with Crippen molar-refractivity contribution in [1.29, 1.82) is 0 Å². The molecule has 21 heavy (non-hydrogen) atoms. The Bertz CT molecular complexity index is 409. The maximum atomic E-state index is 12.3. The van der Waals surface area contributed by atoms with Crippen LogP contribution in [0.1, 0.15) is 65.7 Å². The molecule has 0 aromatic rings. The number of esters is 1. The molecule has 0 spiro atoms. The lowest BCUT2D eigenvalue weighted by Gasteiger charge is -2.62. The van der Waals surface area contributed by atoms with E-state index in [1.165, 1.54) is 38.5 Å². The van der Waals surface area contributed by atoms with Gasteiger partial charge < -0.3 is 4.74 Å². The lowest BCUT2D eigenvalue weighted by Crippen LogP contribution is -2.62. The third-order valence-electron chi connectivity index (χ3n) is 6.52. The van der Waals surface area contributed by atoms with Gasteiger partial charge in [-0.1, -0.05) is 26.8 Å². The van der Waals surface area contributed by atoms with Crippen molar-refractivity contribution < 1.29 is 9.53 Å². The molecule has 0 heterocycles. The van der Waals surface area contributed by atoms with Crippen LogP contribution in [0.5, 0.6) is 0 Å². The molecule has 1 unspecified atom stereocenters. The first kappa shape index (κ1) is 15.1. The van der Waals surface area contributed by atoms with E-state index in [-0.39, 0.29) is 11.6 Å². The normalized spacial score (nSPS) is 41.9. The summed E-state index contributed by atoms with van der Waals surface area (Å²) in [6.07, 6.45) is 8.88. The Morgan fingerprint density at radius 2 is 1.71 bits per heavy atom. The SMILES string of the molecule is C=C(C)C(=O)OC1(C(C)CCC)C2CC3CC(C2)CC1C3. The second-order valence-corrected chi connectivity index (χ2v) is 8.02. The summed E-state index contributed by atoms with van der Waals surface area (Å²) < 4.78 is 6.25. The van der Waals surface area contributed by atoms with Crippen molar-refractivity contribution in [3.8, 4) is 0 Å². The molecule has 0 amide bonds. The van der Waals surface area contributed by atoms with Crippen LogP contribution in [0, 0.1) is 29.6 Å². The van der Waals surface area contributed by atoms with Crippen molar-refractivity contribution in [2.45, 2.75) is 71.3 Å². The quantitative estimate of drug-likeness (QED) is 0.540. The third kappa shape index (κ3) is 2.35. The highest BCUT2D eigenvalue weighted by Crippen LogP contribution is 2.62. The van der Waals surface area contributed by atoms with E-state index in [0.717, 1.165) is 18.3 Å². The molecule has 0 aliphatic heterocycles. The van der Waals surface area contributed by atoms with Gasteiger partial charge in [-0.3, -0.25) is 0 Å². The second-order valence-electron chi connectivity index (χ2n) is 8.02. The van der Waals surface area contributed by atoms with E-state index in [2.05, 4.69) is 20.4 Å². The van der Waals surface area contributed by atoms with E-state index >= 15 is 0 Å². The van der Waals surface area contributed by atoms with E-state index in [0.29, 0.717) is 23.3 Å². The van der Waals surface area contributed by atoms with Gasteiger partial charge in [-0.05, 0) is 75.0 Å². The minimum Gasteiger partial charge on any atom is -0.455 e. The van der Waals surface area contributed by atoms with E-state index in [9.17, 15) is 4.79 Å². The summed E-state index contributed by atoms with van der Waals surface area (Å²) in [5.41, 5.74) is 0.353. The summed E-state index contributed by atoms with van der Waals surface area (Å²) in [6, 6.07) is 0. The Kier molecular flexibility index (Phi) is 3.92. The Balaban J connectivity index is 1.92. The highest BCUT2D eigenvalue weighted by atomic mass is 16.6. The minimum atomic E-state index is -0.195. The molecule has 4 saturated carbocycles. The summed E-state index contributed by atoms with van der Waals surface area (Å²) in [5.74, 6) is 3.30. The van der Waals surface area contributed by atoms with Crippen LogP contribution in [0.4, 0.5) is 0 Å². The predicted octanol–water partition coefficient (Wildman–Crippen LogP) is 4.74. The van der Waals surface area contributed by atoms with Crippen molar-refractivity contribution in [3.05, 3.63) is 12.2 Å². The molecule has 4 aliphatic rings. The molecule has 4 fully saturated rings. The Hall–Kier alpha value is -0.790. The molecular formula is C19H30O2. The van der Waals surface area contributed by atoms with Gasteiger partial charge in [-0.2, -0.15) is 0 Å². The van der Waals surface area contributed by atoms with Crippen molar-refractivity contribution >= 4 is 5.97 Å². The van der Waals surface area contributed by atoms with Crippen LogP contribution in [-0.4, -0.2) is 11.6 Å². The van der Waals surface area contributed by atoms with Gasteiger partial charge in [0.15, 0.2) is 0 Å². The molecule has 0 aromatic heterocycles. The standard InChI is InChI=1S/C19H30O2/c1-5-6-13(4)19(21-18(20)12(2)3)16-8-14-7-15(10-16)11-17(19)9-14/h13-17H,2,5-11H2,1,3-4H3. The Morgan fingerprint density at radius 1 is 1.19 bits per heavy atom. The number of rotatable bonds is 5. The van der Waals surface area contributed by atoms with Crippen molar-refractivity contribution in [1.82, 2.24) is 0 Å². The highest BCUT2D eigenvalue weighted by Gasteiger charge is 2.61. The molecule has 2 heteroatoms. The van der Waals surface area contributed by atoms with Gasteiger partial charge in [-0.15, -0.1) is 0 Å². The molecule has 4 aliphatic carbocycles. The minimum absolute atomic E-state index is 0.162. The molecule has 0 saturated heterocycles. The van der Waals surface area contributed by atoms with Crippen LogP contribution < -0.4 is 0 Å². The predicted molar refractivity (Wildman–Crippen MR) is 84.8 cm³/mol. The van der Waals surface area contributed by atoms with Crippen LogP contribution in [0.15, 0.2) is 12.2 Å². The highest BCUT2D eigenvalue weighted by molar-refractivity contribution is 5.87. The monoisotopic (exact) mass is 290 g/mol. The van der Waals surface area contributed by atoms with E-state index in [1.54, 1.807) is 6.92 Å². The second kappa shape index (κ2) is 5.44. The van der Waals surface area contributed by atoms with E-state index in [1.807, 2.05) is 0 Å². The number of ether oxygens (including phenoxy) is 1. The van der Waals surface area contributed by atoms with Crippen molar-refractivity contribution in [2.24, 2.45) is 29.6 Å². The first-order chi connectivity index (χ1) is 9.97. The molecule has 118 valence electrons. The molecule has 0 aromatic carbocycles. The van der Waals surface area contributed by atoms with Gasteiger partial charge in [0.05, 0.1) is 0 Å². The smallest absolute Gasteiger partial charge is 0.333 e. The maximum absolute atomic E-state index is 12.3. The zero-order valence-corrected chi connectivity index (χ0v) is 13.9. The average molecular weight is 290 g/mol. The van der Waals surface area contributed by atoms with Crippen LogP contribution in [-0.2, 0) is 9.53 Å². The number of carbonyl (C=O) groups is 1. The fourth-order valence-electron chi connectivity index (χ4n) is 5.90. The van der Waals surface area contributed by atoms with Crippen molar-refractivity contribution in [2.75, 3.05) is 0 Å². The largest absolute Gasteiger partial charge is 0.455 e. The van der Waals surface area contributed by atoms with Crippen LogP contribution in [0.3, 0.4) is 0 Å². The van der Waals surface area contributed by atoms with Gasteiger partial charge in [0, 0.05) is 5.57 Å². The summed E-state index contributed by atoms with van der Waals surface area (Å²) in [7, 11) is 0. The average Bonchev–Trinajstić information content (AvgIpc) is 2.42. The molecule has 4 rings (SSSR count). The van der Waals surface area contributed by atoms with Crippen molar-refractivity contribution in [3.63, 3.8) is 0 Å². The van der Waals surface area contributed by atoms with Gasteiger partial charge in [0.25, 0.3) is 0 Å². The lowest BCUT2D eigenvalue weighted by molar-refractivity contribution is -0.224. The number of hydrogen-bond acceptors (Lipinski definition) is 2. The molecule has 4 bridgehead atoms. The summed E-state index contributed by atoms with van der Waals surface area (Å²) in [6.45, 7) is 10.1. The van der Waals surface area contributed by atoms with Gasteiger partial charge in [0.1, 0.15) is 5.60 Å². The van der Waals surface area contributed by atoms with Crippen LogP contribution in [0.25, 0.3) is 0 Å². The van der Waals surface area contributed by atoms with E-state index in [4.69, 9.17) is 4.74 Å². The molecule has 1 atom stereocenters. The number of carbonyl (C=O) groups excluding carboxylic acids is 1. The van der Waals surface area contributed by atoms with E-state index < -0.39 is 0 Å². The molecule has 0 radical (unpaired) electrons. The Morgan fingerprint density at radius 3 is 2.14 bits per heavy atom. The Labute approximate surface area is 129 Å². The van der Waals surface area contributed by atoms with Gasteiger partial charge in [-0.25, -0.2) is 4.79 Å². The molecule has 2 nitrogen and oxygen atoms in total.